The maximum absolute atomic E-state index is 11.5. The lowest BCUT2D eigenvalue weighted by Gasteiger charge is -2.19. The number of benzene rings is 1. The summed E-state index contributed by atoms with van der Waals surface area (Å²) in [4.78, 5) is 22.6. The minimum Gasteiger partial charge on any atom is -0.477 e. The zero-order valence-electron chi connectivity index (χ0n) is 11.1. The van der Waals surface area contributed by atoms with E-state index in [0.29, 0.717) is 5.56 Å². The largest absolute Gasteiger partial charge is 0.477 e. The summed E-state index contributed by atoms with van der Waals surface area (Å²) < 4.78 is 5.00. The molecule has 5 nitrogen and oxygen atoms in total. The Morgan fingerprint density at radius 1 is 1.21 bits per heavy atom. The fourth-order valence-corrected chi connectivity index (χ4v) is 1.28. The predicted molar refractivity (Wildman–Crippen MR) is 71.4 cm³/mol. The highest BCUT2D eigenvalue weighted by molar-refractivity contribution is 5.95. The van der Waals surface area contributed by atoms with Gasteiger partial charge < -0.3 is 9.84 Å². The third kappa shape index (κ3) is 5.72. The van der Waals surface area contributed by atoms with E-state index in [-0.39, 0.29) is 5.70 Å². The maximum Gasteiger partial charge on any atom is 0.412 e. The van der Waals surface area contributed by atoms with Crippen molar-refractivity contribution in [3.05, 3.63) is 41.6 Å². The minimum atomic E-state index is -1.23. The number of ether oxygens (including phenoxy) is 1. The fraction of sp³-hybridized carbons (Fsp3) is 0.286. The highest BCUT2D eigenvalue weighted by Gasteiger charge is 2.19. The van der Waals surface area contributed by atoms with Gasteiger partial charge in [0.05, 0.1) is 0 Å². The smallest absolute Gasteiger partial charge is 0.412 e. The summed E-state index contributed by atoms with van der Waals surface area (Å²) in [7, 11) is 0. The van der Waals surface area contributed by atoms with Crippen molar-refractivity contribution < 1.29 is 19.4 Å². The standard InChI is InChI=1S/C14H17NO4/c1-14(2,3)19-13(18)15-11(12(16)17)9-10-7-5-4-6-8-10/h4-9H,1-3H3,(H,15,18)(H,16,17)/b11-9-. The van der Waals surface area contributed by atoms with Crippen LogP contribution in [-0.2, 0) is 9.53 Å². The van der Waals surface area contributed by atoms with Crippen LogP contribution < -0.4 is 5.32 Å². The average molecular weight is 263 g/mol. The monoisotopic (exact) mass is 263 g/mol. The molecule has 1 aromatic rings. The first kappa shape index (κ1) is 14.8. The van der Waals surface area contributed by atoms with Crippen LogP contribution in [0.5, 0.6) is 0 Å². The van der Waals surface area contributed by atoms with Crippen LogP contribution in [0.1, 0.15) is 26.3 Å². The van der Waals surface area contributed by atoms with E-state index in [1.807, 2.05) is 6.07 Å². The van der Waals surface area contributed by atoms with E-state index in [0.717, 1.165) is 0 Å². The molecule has 0 atom stereocenters. The number of nitrogens with one attached hydrogen (secondary N) is 1. The van der Waals surface area contributed by atoms with Crippen LogP contribution in [-0.4, -0.2) is 22.8 Å². The molecule has 0 aliphatic carbocycles. The van der Waals surface area contributed by atoms with Gasteiger partial charge in [-0.3, -0.25) is 5.32 Å². The van der Waals surface area contributed by atoms with Crippen LogP contribution in [0.3, 0.4) is 0 Å². The number of carbonyl (C=O) groups is 2. The fourth-order valence-electron chi connectivity index (χ4n) is 1.28. The van der Waals surface area contributed by atoms with Crippen molar-refractivity contribution in [2.24, 2.45) is 0 Å². The second-order valence-corrected chi connectivity index (χ2v) is 4.90. The number of amides is 1. The Labute approximate surface area is 111 Å². The molecule has 0 aromatic heterocycles. The molecule has 0 saturated heterocycles. The molecule has 0 bridgehead atoms. The number of hydrogen-bond acceptors (Lipinski definition) is 3. The first-order valence-corrected chi connectivity index (χ1v) is 5.78. The summed E-state index contributed by atoms with van der Waals surface area (Å²) in [6.07, 6.45) is 0.573. The lowest BCUT2D eigenvalue weighted by atomic mass is 10.2. The van der Waals surface area contributed by atoms with E-state index in [2.05, 4.69) is 5.32 Å². The third-order valence-electron chi connectivity index (χ3n) is 1.98. The Morgan fingerprint density at radius 2 is 1.79 bits per heavy atom. The Balaban J connectivity index is 2.83. The van der Waals surface area contributed by atoms with Gasteiger partial charge in [-0.1, -0.05) is 30.3 Å². The molecule has 1 rings (SSSR count). The Kier molecular flexibility index (Phi) is 4.69. The highest BCUT2D eigenvalue weighted by Crippen LogP contribution is 2.09. The summed E-state index contributed by atoms with van der Waals surface area (Å²) in [6.45, 7) is 5.11. The van der Waals surface area contributed by atoms with Crippen LogP contribution in [0.25, 0.3) is 6.08 Å². The topological polar surface area (TPSA) is 75.6 Å². The van der Waals surface area contributed by atoms with Gasteiger partial charge in [0, 0.05) is 0 Å². The van der Waals surface area contributed by atoms with Crippen molar-refractivity contribution in [1.29, 1.82) is 0 Å². The number of rotatable bonds is 3. The number of aliphatic carboxylic acids is 1. The van der Waals surface area contributed by atoms with Gasteiger partial charge in [0.1, 0.15) is 11.3 Å². The minimum absolute atomic E-state index is 0.236. The van der Waals surface area contributed by atoms with Crippen molar-refractivity contribution in [2.45, 2.75) is 26.4 Å². The number of alkyl carbamates (subject to hydrolysis) is 1. The first-order valence-electron chi connectivity index (χ1n) is 5.78. The molecule has 0 aliphatic rings. The molecule has 0 spiro atoms. The van der Waals surface area contributed by atoms with E-state index >= 15 is 0 Å². The molecular formula is C14H17NO4. The van der Waals surface area contributed by atoms with Gasteiger partial charge in [-0.2, -0.15) is 0 Å². The normalized spacial score (nSPS) is 11.8. The second kappa shape index (κ2) is 6.04. The van der Waals surface area contributed by atoms with Crippen molar-refractivity contribution in [3.63, 3.8) is 0 Å². The molecule has 0 fully saturated rings. The molecule has 19 heavy (non-hydrogen) atoms. The molecule has 0 unspecified atom stereocenters. The van der Waals surface area contributed by atoms with Crippen LogP contribution in [0.15, 0.2) is 36.0 Å². The predicted octanol–water partition coefficient (Wildman–Crippen LogP) is 2.64. The number of hydrogen-bond donors (Lipinski definition) is 2. The van der Waals surface area contributed by atoms with Gasteiger partial charge in [-0.15, -0.1) is 0 Å². The van der Waals surface area contributed by atoms with Crippen molar-refractivity contribution in [1.82, 2.24) is 5.32 Å². The van der Waals surface area contributed by atoms with E-state index < -0.39 is 17.7 Å². The Hall–Kier alpha value is -2.30. The van der Waals surface area contributed by atoms with Crippen LogP contribution >= 0.6 is 0 Å². The van der Waals surface area contributed by atoms with Crippen molar-refractivity contribution in [2.75, 3.05) is 0 Å². The van der Waals surface area contributed by atoms with E-state index in [1.165, 1.54) is 6.08 Å². The molecule has 102 valence electrons. The third-order valence-corrected chi connectivity index (χ3v) is 1.98. The van der Waals surface area contributed by atoms with Gasteiger partial charge in [-0.05, 0) is 32.4 Å². The van der Waals surface area contributed by atoms with Gasteiger partial charge in [0.2, 0.25) is 0 Å². The average Bonchev–Trinajstić information content (AvgIpc) is 2.26. The summed E-state index contributed by atoms with van der Waals surface area (Å²) >= 11 is 0. The van der Waals surface area contributed by atoms with E-state index in [4.69, 9.17) is 9.84 Å². The summed E-state index contributed by atoms with van der Waals surface area (Å²) in [6, 6.07) is 8.84. The molecule has 0 heterocycles. The van der Waals surface area contributed by atoms with E-state index in [9.17, 15) is 9.59 Å². The van der Waals surface area contributed by atoms with Crippen LogP contribution in [0.4, 0.5) is 4.79 Å². The number of carboxylic acids is 1. The summed E-state index contributed by atoms with van der Waals surface area (Å²) in [5.41, 5.74) is -0.239. The lowest BCUT2D eigenvalue weighted by Crippen LogP contribution is -2.34. The number of carboxylic acid groups (broad SMARTS) is 1. The number of carbonyl (C=O) groups excluding carboxylic acids is 1. The van der Waals surface area contributed by atoms with Crippen molar-refractivity contribution >= 4 is 18.1 Å². The molecule has 1 amide bonds. The Morgan fingerprint density at radius 3 is 2.26 bits per heavy atom. The first-order chi connectivity index (χ1) is 8.78. The molecule has 1 aromatic carbocycles. The van der Waals surface area contributed by atoms with Gasteiger partial charge in [0.25, 0.3) is 0 Å². The Bertz CT molecular complexity index is 486. The molecule has 0 aliphatic heterocycles. The van der Waals surface area contributed by atoms with Crippen LogP contribution in [0, 0.1) is 0 Å². The molecular weight excluding hydrogens is 246 g/mol. The van der Waals surface area contributed by atoms with E-state index in [1.54, 1.807) is 45.0 Å². The van der Waals surface area contributed by atoms with Gasteiger partial charge in [0.15, 0.2) is 0 Å². The zero-order valence-corrected chi connectivity index (χ0v) is 11.1. The lowest BCUT2D eigenvalue weighted by molar-refractivity contribution is -0.133. The summed E-state index contributed by atoms with van der Waals surface area (Å²) in [5.74, 6) is -1.23. The SMILES string of the molecule is CC(C)(C)OC(=O)N/C(=C\c1ccccc1)C(=O)O. The van der Waals surface area contributed by atoms with Gasteiger partial charge in [-0.25, -0.2) is 9.59 Å². The second-order valence-electron chi connectivity index (χ2n) is 4.90. The maximum atomic E-state index is 11.5. The molecule has 0 radical (unpaired) electrons. The quantitative estimate of drug-likeness (QED) is 0.822. The zero-order chi connectivity index (χ0) is 14.5. The van der Waals surface area contributed by atoms with Gasteiger partial charge >= 0.3 is 12.1 Å². The molecule has 0 saturated carbocycles. The summed E-state index contributed by atoms with van der Waals surface area (Å²) in [5, 5.41) is 11.3. The highest BCUT2D eigenvalue weighted by atomic mass is 16.6. The molecule has 2 N–H and O–H groups in total. The molecule has 5 heteroatoms. The van der Waals surface area contributed by atoms with Crippen LogP contribution in [0.2, 0.25) is 0 Å². The van der Waals surface area contributed by atoms with Crippen molar-refractivity contribution in [3.8, 4) is 0 Å².